The van der Waals surface area contributed by atoms with Gasteiger partial charge in [0.2, 0.25) is 0 Å². The zero-order valence-electron chi connectivity index (χ0n) is 15.0. The highest BCUT2D eigenvalue weighted by molar-refractivity contribution is 8.00. The van der Waals surface area contributed by atoms with Crippen LogP contribution in [0.1, 0.15) is 19.4 Å². The van der Waals surface area contributed by atoms with Crippen molar-refractivity contribution in [3.8, 4) is 28.9 Å². The van der Waals surface area contributed by atoms with Crippen molar-refractivity contribution in [2.24, 2.45) is 0 Å². The highest BCUT2D eigenvalue weighted by Gasteiger charge is 2.18. The third-order valence-corrected chi connectivity index (χ3v) is 4.71. The molecule has 0 aliphatic rings. The molecule has 1 unspecified atom stereocenters. The van der Waals surface area contributed by atoms with E-state index in [0.717, 1.165) is 28.4 Å². The maximum atomic E-state index is 9.17. The molecule has 5 nitrogen and oxygen atoms in total. The summed E-state index contributed by atoms with van der Waals surface area (Å²) in [6, 6.07) is 18.2. The number of nitrogens with zero attached hydrogens (tertiary/aromatic N) is 4. The van der Waals surface area contributed by atoms with E-state index in [1.54, 1.807) is 0 Å². The molecule has 2 aromatic carbocycles. The smallest absolute Gasteiger partial charge is 0.197 e. The Balaban J connectivity index is 2.10. The predicted octanol–water partition coefficient (Wildman–Crippen LogP) is 4.65. The number of ether oxygens (including phenoxy) is 1. The Morgan fingerprint density at radius 2 is 1.96 bits per heavy atom. The lowest BCUT2D eigenvalue weighted by Crippen LogP contribution is -2.02. The molecule has 3 rings (SSSR count). The van der Waals surface area contributed by atoms with Gasteiger partial charge in [0.05, 0.1) is 17.9 Å². The molecule has 1 aromatic heterocycles. The standard InChI is InChI=1S/C20H20N4OS/c1-4-25-18-10-8-17(9-11-18)24-19(16-7-5-6-14(2)12-16)22-23-20(24)26-15(3)13-21/h5-12,15H,4H2,1-3H3. The molecule has 0 saturated carbocycles. The molecule has 0 bridgehead atoms. The SMILES string of the molecule is CCOc1ccc(-n2c(SC(C)C#N)nnc2-c2cccc(C)c2)cc1. The fourth-order valence-corrected chi connectivity index (χ4v) is 3.35. The Hall–Kier alpha value is -2.78. The summed E-state index contributed by atoms with van der Waals surface area (Å²) in [5.74, 6) is 1.58. The van der Waals surface area contributed by atoms with Gasteiger partial charge in [-0.3, -0.25) is 4.57 Å². The van der Waals surface area contributed by atoms with Crippen LogP contribution in [-0.2, 0) is 0 Å². The normalized spacial score (nSPS) is 11.8. The number of rotatable bonds is 6. The lowest BCUT2D eigenvalue weighted by atomic mass is 10.1. The number of aryl methyl sites for hydroxylation is 1. The van der Waals surface area contributed by atoms with Crippen LogP contribution in [0.25, 0.3) is 17.1 Å². The van der Waals surface area contributed by atoms with Crippen LogP contribution >= 0.6 is 11.8 Å². The van der Waals surface area contributed by atoms with Gasteiger partial charge in [0.1, 0.15) is 5.75 Å². The maximum absolute atomic E-state index is 9.17. The summed E-state index contributed by atoms with van der Waals surface area (Å²) in [5.41, 5.74) is 3.08. The van der Waals surface area contributed by atoms with E-state index in [-0.39, 0.29) is 5.25 Å². The first-order valence-electron chi connectivity index (χ1n) is 8.44. The maximum Gasteiger partial charge on any atom is 0.197 e. The van der Waals surface area contributed by atoms with Crippen LogP contribution in [0.5, 0.6) is 5.75 Å². The van der Waals surface area contributed by atoms with Crippen molar-refractivity contribution in [2.75, 3.05) is 6.61 Å². The Bertz CT molecular complexity index is 928. The molecular weight excluding hydrogens is 344 g/mol. The molecule has 26 heavy (non-hydrogen) atoms. The van der Waals surface area contributed by atoms with Crippen LogP contribution in [-0.4, -0.2) is 26.6 Å². The third-order valence-electron chi connectivity index (χ3n) is 3.78. The van der Waals surface area contributed by atoms with E-state index in [9.17, 15) is 0 Å². The van der Waals surface area contributed by atoms with Crippen LogP contribution in [0.15, 0.2) is 53.7 Å². The van der Waals surface area contributed by atoms with E-state index < -0.39 is 0 Å². The van der Waals surface area contributed by atoms with Gasteiger partial charge >= 0.3 is 0 Å². The van der Waals surface area contributed by atoms with Crippen molar-refractivity contribution < 1.29 is 4.74 Å². The van der Waals surface area contributed by atoms with Crippen LogP contribution in [0, 0.1) is 18.3 Å². The zero-order chi connectivity index (χ0) is 18.5. The molecule has 0 aliphatic heterocycles. The summed E-state index contributed by atoms with van der Waals surface area (Å²) < 4.78 is 7.52. The molecule has 0 fully saturated rings. The minimum Gasteiger partial charge on any atom is -0.494 e. The lowest BCUT2D eigenvalue weighted by molar-refractivity contribution is 0.340. The monoisotopic (exact) mass is 364 g/mol. The third kappa shape index (κ3) is 3.89. The number of thioether (sulfide) groups is 1. The van der Waals surface area contributed by atoms with Crippen LogP contribution < -0.4 is 4.74 Å². The van der Waals surface area contributed by atoms with Crippen molar-refractivity contribution in [1.82, 2.24) is 14.8 Å². The highest BCUT2D eigenvalue weighted by atomic mass is 32.2. The number of nitriles is 1. The largest absolute Gasteiger partial charge is 0.494 e. The van der Waals surface area contributed by atoms with E-state index in [0.29, 0.717) is 11.8 Å². The van der Waals surface area contributed by atoms with Gasteiger partial charge in [-0.2, -0.15) is 5.26 Å². The second-order valence-electron chi connectivity index (χ2n) is 5.83. The molecule has 132 valence electrons. The predicted molar refractivity (Wildman–Crippen MR) is 104 cm³/mol. The molecule has 0 radical (unpaired) electrons. The van der Waals surface area contributed by atoms with E-state index in [2.05, 4.69) is 35.3 Å². The van der Waals surface area contributed by atoms with Gasteiger partial charge in [0, 0.05) is 11.3 Å². The van der Waals surface area contributed by atoms with Crippen LogP contribution in [0.3, 0.4) is 0 Å². The summed E-state index contributed by atoms with van der Waals surface area (Å²) in [4.78, 5) is 0. The van der Waals surface area contributed by atoms with Crippen LogP contribution in [0.2, 0.25) is 0 Å². The Labute approximate surface area is 157 Å². The zero-order valence-corrected chi connectivity index (χ0v) is 15.8. The average molecular weight is 364 g/mol. The van der Waals surface area contributed by atoms with Crippen molar-refractivity contribution in [3.05, 3.63) is 54.1 Å². The average Bonchev–Trinajstić information content (AvgIpc) is 3.06. The second-order valence-corrected chi connectivity index (χ2v) is 7.14. The molecule has 0 amide bonds. The van der Waals surface area contributed by atoms with Crippen molar-refractivity contribution in [1.29, 1.82) is 5.26 Å². The molecule has 1 heterocycles. The molecule has 3 aromatic rings. The Morgan fingerprint density at radius 3 is 2.62 bits per heavy atom. The first kappa shape index (κ1) is 18.0. The van der Waals surface area contributed by atoms with Gasteiger partial charge in [0.15, 0.2) is 11.0 Å². The second kappa shape index (κ2) is 8.07. The molecule has 6 heteroatoms. The topological polar surface area (TPSA) is 63.7 Å². The van der Waals surface area contributed by atoms with Gasteiger partial charge in [-0.05, 0) is 51.1 Å². The van der Waals surface area contributed by atoms with Gasteiger partial charge < -0.3 is 4.74 Å². The molecule has 1 atom stereocenters. The summed E-state index contributed by atoms with van der Waals surface area (Å²) in [6.07, 6.45) is 0. The molecular formula is C20H20N4OS. The highest BCUT2D eigenvalue weighted by Crippen LogP contribution is 2.30. The summed E-state index contributed by atoms with van der Waals surface area (Å²) >= 11 is 1.40. The Morgan fingerprint density at radius 1 is 1.19 bits per heavy atom. The van der Waals surface area contributed by atoms with Gasteiger partial charge in [-0.15, -0.1) is 10.2 Å². The van der Waals surface area contributed by atoms with E-state index in [4.69, 9.17) is 10.00 Å². The number of benzene rings is 2. The number of hydrogen-bond donors (Lipinski definition) is 0. The van der Waals surface area contributed by atoms with Crippen molar-refractivity contribution >= 4 is 11.8 Å². The fraction of sp³-hybridized carbons (Fsp3) is 0.250. The molecule has 0 N–H and O–H groups in total. The molecule has 0 saturated heterocycles. The van der Waals surface area contributed by atoms with Crippen LogP contribution in [0.4, 0.5) is 0 Å². The van der Waals surface area contributed by atoms with E-state index in [1.807, 2.05) is 54.8 Å². The summed E-state index contributed by atoms with van der Waals surface area (Å²) in [7, 11) is 0. The van der Waals surface area contributed by atoms with Gasteiger partial charge in [0.25, 0.3) is 0 Å². The minimum absolute atomic E-state index is 0.217. The molecule has 0 spiro atoms. The first-order chi connectivity index (χ1) is 12.6. The number of hydrogen-bond acceptors (Lipinski definition) is 5. The number of aromatic nitrogens is 3. The lowest BCUT2D eigenvalue weighted by Gasteiger charge is -2.12. The Kier molecular flexibility index (Phi) is 5.59. The summed E-state index contributed by atoms with van der Waals surface area (Å²) in [6.45, 7) is 6.49. The van der Waals surface area contributed by atoms with Crippen molar-refractivity contribution in [3.63, 3.8) is 0 Å². The fourth-order valence-electron chi connectivity index (χ4n) is 2.59. The van der Waals surface area contributed by atoms with E-state index >= 15 is 0 Å². The summed E-state index contributed by atoms with van der Waals surface area (Å²) in [5, 5.41) is 18.4. The first-order valence-corrected chi connectivity index (χ1v) is 9.32. The van der Waals surface area contributed by atoms with Gasteiger partial charge in [-0.1, -0.05) is 35.5 Å². The minimum atomic E-state index is -0.217. The van der Waals surface area contributed by atoms with Gasteiger partial charge in [-0.25, -0.2) is 0 Å². The van der Waals surface area contributed by atoms with E-state index in [1.165, 1.54) is 11.8 Å². The quantitative estimate of drug-likeness (QED) is 0.596. The molecule has 0 aliphatic carbocycles. The van der Waals surface area contributed by atoms with Crippen molar-refractivity contribution in [2.45, 2.75) is 31.2 Å².